The summed E-state index contributed by atoms with van der Waals surface area (Å²) in [6.07, 6.45) is 1.60. The van der Waals surface area contributed by atoms with Crippen LogP contribution in [0.5, 0.6) is 11.5 Å². The first-order valence-corrected chi connectivity index (χ1v) is 13.3. The molecule has 5 rings (SSSR count). The number of para-hydroxylation sites is 1. The van der Waals surface area contributed by atoms with Gasteiger partial charge in [-0.15, -0.1) is 0 Å². The van der Waals surface area contributed by atoms with E-state index in [1.165, 1.54) is 12.1 Å². The summed E-state index contributed by atoms with van der Waals surface area (Å²) < 4.78 is 17.8. The third-order valence-electron chi connectivity index (χ3n) is 6.59. The van der Waals surface area contributed by atoms with Crippen LogP contribution in [0, 0.1) is 10.1 Å². The normalized spacial score (nSPS) is 10.6. The van der Waals surface area contributed by atoms with Crippen LogP contribution >= 0.6 is 0 Å². The van der Waals surface area contributed by atoms with Crippen molar-refractivity contribution in [3.05, 3.63) is 136 Å². The van der Waals surface area contributed by atoms with E-state index in [-0.39, 0.29) is 30.0 Å². The molecule has 0 bridgehead atoms. The predicted octanol–water partition coefficient (Wildman–Crippen LogP) is 6.00. The number of Topliss-reactive ketones (excluding diaryl/α,β-unsaturated/α-hetero) is 1. The Morgan fingerprint density at radius 3 is 2.28 bits per heavy atom. The van der Waals surface area contributed by atoms with Gasteiger partial charge in [0.25, 0.3) is 0 Å². The molecule has 0 saturated carbocycles. The minimum Gasteiger partial charge on any atom is -0.497 e. The fourth-order valence-electron chi connectivity index (χ4n) is 4.37. The first-order valence-electron chi connectivity index (χ1n) is 13.3. The summed E-state index contributed by atoms with van der Waals surface area (Å²) >= 11 is 0. The van der Waals surface area contributed by atoms with Crippen LogP contribution in [-0.2, 0) is 22.6 Å². The van der Waals surface area contributed by atoms with Crippen molar-refractivity contribution >= 4 is 17.4 Å². The average molecular weight is 578 g/mol. The largest absolute Gasteiger partial charge is 0.497 e. The minimum atomic E-state index is -0.645. The van der Waals surface area contributed by atoms with Gasteiger partial charge in [-0.25, -0.2) is 4.68 Å². The lowest BCUT2D eigenvalue weighted by Gasteiger charge is -2.09. The lowest BCUT2D eigenvalue weighted by Crippen LogP contribution is -2.16. The van der Waals surface area contributed by atoms with E-state index < -0.39 is 23.3 Å². The molecule has 0 atom stereocenters. The summed E-state index contributed by atoms with van der Waals surface area (Å²) in [4.78, 5) is 36.8. The molecule has 0 aliphatic carbocycles. The summed E-state index contributed by atoms with van der Waals surface area (Å²) in [7, 11) is 1.58. The number of carbonyl (C=O) groups excluding carboxylic acids is 2. The summed E-state index contributed by atoms with van der Waals surface area (Å²) in [5.74, 6) is -0.514. The lowest BCUT2D eigenvalue weighted by atomic mass is 10.1. The maximum atomic E-state index is 12.9. The molecule has 10 heteroatoms. The molecule has 0 unspecified atom stereocenters. The number of carbonyl (C=O) groups is 2. The fraction of sp³-hybridized carbons (Fsp3) is 0.121. The third-order valence-corrected chi connectivity index (χ3v) is 6.59. The Labute approximate surface area is 247 Å². The van der Waals surface area contributed by atoms with Crippen molar-refractivity contribution in [2.75, 3.05) is 13.7 Å². The molecule has 5 aromatic rings. The molecule has 0 radical (unpaired) electrons. The highest BCUT2D eigenvalue weighted by Gasteiger charge is 2.21. The lowest BCUT2D eigenvalue weighted by molar-refractivity contribution is -0.386. The fourth-order valence-corrected chi connectivity index (χ4v) is 4.37. The number of hydrogen-bond acceptors (Lipinski definition) is 8. The first-order chi connectivity index (χ1) is 20.9. The Balaban J connectivity index is 1.28. The molecule has 4 aromatic carbocycles. The molecule has 0 aliphatic rings. The van der Waals surface area contributed by atoms with Crippen LogP contribution < -0.4 is 9.47 Å². The topological polar surface area (TPSA) is 123 Å². The van der Waals surface area contributed by atoms with Crippen molar-refractivity contribution in [3.63, 3.8) is 0 Å². The van der Waals surface area contributed by atoms with Crippen LogP contribution in [0.15, 0.2) is 109 Å². The molecule has 0 aliphatic heterocycles. The van der Waals surface area contributed by atoms with Crippen LogP contribution in [0.1, 0.15) is 21.5 Å². The summed E-state index contributed by atoms with van der Waals surface area (Å²) in [5.41, 5.74) is 3.28. The molecule has 0 amide bonds. The van der Waals surface area contributed by atoms with E-state index in [1.54, 1.807) is 30.1 Å². The molecule has 43 heavy (non-hydrogen) atoms. The average Bonchev–Trinajstić information content (AvgIpc) is 3.47. The van der Waals surface area contributed by atoms with Crippen LogP contribution in [0.25, 0.3) is 16.9 Å². The van der Waals surface area contributed by atoms with Gasteiger partial charge in [0.05, 0.1) is 29.8 Å². The van der Waals surface area contributed by atoms with E-state index in [9.17, 15) is 19.7 Å². The number of ketones is 1. The number of hydrogen-bond donors (Lipinski definition) is 0. The quantitative estimate of drug-likeness (QED) is 0.0765. The third kappa shape index (κ3) is 7.12. The second kappa shape index (κ2) is 13.3. The highest BCUT2D eigenvalue weighted by Crippen LogP contribution is 2.29. The predicted molar refractivity (Wildman–Crippen MR) is 158 cm³/mol. The van der Waals surface area contributed by atoms with E-state index >= 15 is 0 Å². The van der Waals surface area contributed by atoms with Gasteiger partial charge in [-0.2, -0.15) is 5.10 Å². The van der Waals surface area contributed by atoms with Crippen LogP contribution in [0.2, 0.25) is 0 Å². The van der Waals surface area contributed by atoms with E-state index in [0.29, 0.717) is 17.0 Å². The van der Waals surface area contributed by atoms with Crippen molar-refractivity contribution in [2.45, 2.75) is 13.0 Å². The number of nitro benzene ring substituents is 1. The van der Waals surface area contributed by atoms with E-state index in [1.807, 2.05) is 72.8 Å². The second-order valence-electron chi connectivity index (χ2n) is 9.49. The number of ether oxygens (including phenoxy) is 3. The molecule has 1 heterocycles. The van der Waals surface area contributed by atoms with Gasteiger partial charge in [-0.3, -0.25) is 19.7 Å². The molecule has 0 spiro atoms. The van der Waals surface area contributed by atoms with Gasteiger partial charge in [-0.1, -0.05) is 48.5 Å². The van der Waals surface area contributed by atoms with Crippen molar-refractivity contribution < 1.29 is 28.7 Å². The zero-order valence-corrected chi connectivity index (χ0v) is 23.2. The zero-order valence-electron chi connectivity index (χ0n) is 23.2. The molecule has 216 valence electrons. The zero-order chi connectivity index (χ0) is 30.2. The van der Waals surface area contributed by atoms with Crippen molar-refractivity contribution in [1.29, 1.82) is 0 Å². The van der Waals surface area contributed by atoms with E-state index in [4.69, 9.17) is 19.3 Å². The number of rotatable bonds is 12. The number of benzene rings is 4. The summed E-state index contributed by atoms with van der Waals surface area (Å²) in [6, 6.07) is 29.9. The Morgan fingerprint density at radius 2 is 1.60 bits per heavy atom. The SMILES string of the molecule is COc1ccc(-c2nn(-c3ccccc3)cc2CC(=O)OCC(=O)c2ccc(OCc3ccccc3)c([N+](=O)[O-])c2)cc1. The van der Waals surface area contributed by atoms with Crippen molar-refractivity contribution in [2.24, 2.45) is 0 Å². The maximum Gasteiger partial charge on any atom is 0.311 e. The Hall–Kier alpha value is -5.77. The Kier molecular flexibility index (Phi) is 8.87. The molecule has 10 nitrogen and oxygen atoms in total. The number of nitrogens with zero attached hydrogens (tertiary/aromatic N) is 3. The highest BCUT2D eigenvalue weighted by molar-refractivity contribution is 5.98. The Bertz CT molecular complexity index is 1730. The van der Waals surface area contributed by atoms with E-state index in [0.717, 1.165) is 22.9 Å². The first kappa shape index (κ1) is 28.7. The molecule has 0 N–H and O–H groups in total. The number of methoxy groups -OCH3 is 1. The maximum absolute atomic E-state index is 12.9. The Morgan fingerprint density at radius 1 is 0.907 bits per heavy atom. The van der Waals surface area contributed by atoms with Crippen molar-refractivity contribution in [3.8, 4) is 28.4 Å². The van der Waals surface area contributed by atoms with Gasteiger partial charge in [0.1, 0.15) is 12.4 Å². The molecular weight excluding hydrogens is 550 g/mol. The van der Waals surface area contributed by atoms with Gasteiger partial charge in [-0.05, 0) is 54.1 Å². The van der Waals surface area contributed by atoms with Gasteiger partial charge in [0.2, 0.25) is 5.78 Å². The monoisotopic (exact) mass is 577 g/mol. The van der Waals surface area contributed by atoms with Crippen LogP contribution in [-0.4, -0.2) is 40.2 Å². The van der Waals surface area contributed by atoms with Gasteiger partial charge < -0.3 is 14.2 Å². The van der Waals surface area contributed by atoms with Crippen molar-refractivity contribution in [1.82, 2.24) is 9.78 Å². The van der Waals surface area contributed by atoms with Gasteiger partial charge in [0, 0.05) is 29.0 Å². The van der Waals surface area contributed by atoms with Crippen LogP contribution in [0.4, 0.5) is 5.69 Å². The highest BCUT2D eigenvalue weighted by atomic mass is 16.6. The van der Waals surface area contributed by atoms with Gasteiger partial charge in [0.15, 0.2) is 12.4 Å². The van der Waals surface area contributed by atoms with Crippen LogP contribution in [0.3, 0.4) is 0 Å². The van der Waals surface area contributed by atoms with E-state index in [2.05, 4.69) is 0 Å². The van der Waals surface area contributed by atoms with Gasteiger partial charge >= 0.3 is 11.7 Å². The standard InChI is InChI=1S/C33H27N3O7/c1-41-28-15-12-24(13-16-28)33-26(20-35(34-33)27-10-6-3-7-11-27)19-32(38)43-22-30(37)25-14-17-31(29(18-25)36(39)40)42-21-23-8-4-2-5-9-23/h2-18,20H,19,21-22H2,1H3. The second-order valence-corrected chi connectivity index (χ2v) is 9.49. The summed E-state index contributed by atoms with van der Waals surface area (Å²) in [5, 5.41) is 16.4. The number of nitro groups is 1. The summed E-state index contributed by atoms with van der Waals surface area (Å²) in [6.45, 7) is -0.448. The molecule has 0 saturated heterocycles. The number of aromatic nitrogens is 2. The number of esters is 1. The molecule has 0 fully saturated rings. The minimum absolute atomic E-state index is 0.0300. The molecular formula is C33H27N3O7. The molecule has 1 aromatic heterocycles. The smallest absolute Gasteiger partial charge is 0.311 e.